The molecule has 0 aliphatic carbocycles. The van der Waals surface area contributed by atoms with Crippen molar-refractivity contribution in [2.75, 3.05) is 26.2 Å². The van der Waals surface area contributed by atoms with Gasteiger partial charge in [0, 0.05) is 26.2 Å². The fourth-order valence-corrected chi connectivity index (χ4v) is 2.84. The Morgan fingerprint density at radius 1 is 1.30 bits per heavy atom. The minimum atomic E-state index is -0.757. The van der Waals surface area contributed by atoms with Gasteiger partial charge in [0.2, 0.25) is 0 Å². The number of hydrogen-bond donors (Lipinski definition) is 2. The highest BCUT2D eigenvalue weighted by molar-refractivity contribution is 14.0. The zero-order valence-corrected chi connectivity index (χ0v) is 16.3. The lowest BCUT2D eigenvalue weighted by atomic mass is 9.99. The van der Waals surface area contributed by atoms with Gasteiger partial charge in [0.1, 0.15) is 5.54 Å². The monoisotopic (exact) mass is 437 g/mol. The number of aliphatic imine (C=N–C) groups is 1. The number of hydrogen-bond acceptors (Lipinski definition) is 3. The Morgan fingerprint density at radius 3 is 2.52 bits per heavy atom. The summed E-state index contributed by atoms with van der Waals surface area (Å²) in [5.74, 6) is 0.434. The van der Waals surface area contributed by atoms with Crippen LogP contribution < -0.4 is 11.1 Å². The minimum absolute atomic E-state index is 0. The molecular formula is C15H28IN5O2. The van der Waals surface area contributed by atoms with Crippen molar-refractivity contribution >= 4 is 41.9 Å². The van der Waals surface area contributed by atoms with Crippen molar-refractivity contribution in [2.45, 2.75) is 51.5 Å². The highest BCUT2D eigenvalue weighted by Crippen LogP contribution is 2.20. The van der Waals surface area contributed by atoms with E-state index in [1.807, 2.05) is 6.92 Å². The zero-order chi connectivity index (χ0) is 16.2. The van der Waals surface area contributed by atoms with E-state index >= 15 is 0 Å². The van der Waals surface area contributed by atoms with Crippen molar-refractivity contribution in [3.05, 3.63) is 0 Å². The normalized spacial score (nSPS) is 25.4. The molecule has 2 aliphatic rings. The number of imide groups is 1. The number of nitrogens with two attached hydrogens (primary N) is 1. The van der Waals surface area contributed by atoms with Crippen LogP contribution >= 0.6 is 24.0 Å². The molecule has 2 aliphatic heterocycles. The highest BCUT2D eigenvalue weighted by Gasteiger charge is 2.45. The van der Waals surface area contributed by atoms with Crippen LogP contribution in [0.3, 0.4) is 0 Å². The first kappa shape index (κ1) is 20.0. The lowest BCUT2D eigenvalue weighted by molar-refractivity contribution is -0.130. The van der Waals surface area contributed by atoms with E-state index < -0.39 is 5.54 Å². The van der Waals surface area contributed by atoms with Crippen molar-refractivity contribution in [3.8, 4) is 0 Å². The van der Waals surface area contributed by atoms with Crippen LogP contribution in [0.4, 0.5) is 4.79 Å². The quantitative estimate of drug-likeness (QED) is 0.224. The van der Waals surface area contributed by atoms with E-state index in [1.54, 1.807) is 6.92 Å². The van der Waals surface area contributed by atoms with Crippen molar-refractivity contribution in [2.24, 2.45) is 10.7 Å². The Balaban J connectivity index is 0.00000264. The van der Waals surface area contributed by atoms with Crippen LogP contribution in [0.2, 0.25) is 0 Å². The Labute approximate surface area is 155 Å². The number of rotatable bonds is 5. The summed E-state index contributed by atoms with van der Waals surface area (Å²) >= 11 is 0. The molecule has 0 aromatic carbocycles. The summed E-state index contributed by atoms with van der Waals surface area (Å²) in [6, 6.07) is -0.303. The van der Waals surface area contributed by atoms with E-state index in [4.69, 9.17) is 5.73 Å². The highest BCUT2D eigenvalue weighted by atomic mass is 127. The zero-order valence-electron chi connectivity index (χ0n) is 14.0. The Morgan fingerprint density at radius 2 is 1.96 bits per heavy atom. The van der Waals surface area contributed by atoms with E-state index in [0.717, 1.165) is 25.9 Å². The van der Waals surface area contributed by atoms with Crippen LogP contribution in [0.25, 0.3) is 0 Å². The third-order valence-corrected chi connectivity index (χ3v) is 4.55. The average molecular weight is 437 g/mol. The molecule has 0 saturated carbocycles. The smallest absolute Gasteiger partial charge is 0.325 e. The first-order valence-electron chi connectivity index (χ1n) is 8.17. The SMILES string of the molecule is CCC1(C)NC(=O)N(CCCN=C(N)N2CCCCC2)C1=O.I. The summed E-state index contributed by atoms with van der Waals surface area (Å²) in [5, 5.41) is 2.75. The maximum Gasteiger partial charge on any atom is 0.325 e. The van der Waals surface area contributed by atoms with E-state index in [1.165, 1.54) is 11.3 Å². The van der Waals surface area contributed by atoms with E-state index in [-0.39, 0.29) is 35.9 Å². The van der Waals surface area contributed by atoms with Gasteiger partial charge in [-0.3, -0.25) is 14.7 Å². The van der Waals surface area contributed by atoms with Gasteiger partial charge in [0.15, 0.2) is 5.96 Å². The maximum absolute atomic E-state index is 12.2. The number of amides is 3. The summed E-state index contributed by atoms with van der Waals surface area (Å²) in [6.07, 6.45) is 4.80. The number of guanidine groups is 1. The van der Waals surface area contributed by atoms with Crippen LogP contribution in [0, 0.1) is 0 Å². The maximum atomic E-state index is 12.2. The third-order valence-electron chi connectivity index (χ3n) is 4.55. The molecule has 8 heteroatoms. The second kappa shape index (κ2) is 8.70. The predicted octanol–water partition coefficient (Wildman–Crippen LogP) is 1.52. The predicted molar refractivity (Wildman–Crippen MR) is 101 cm³/mol. The van der Waals surface area contributed by atoms with Gasteiger partial charge < -0.3 is 16.0 Å². The number of halogens is 1. The molecule has 2 rings (SSSR count). The van der Waals surface area contributed by atoms with Crippen LogP contribution in [0.15, 0.2) is 4.99 Å². The van der Waals surface area contributed by atoms with Gasteiger partial charge in [0.25, 0.3) is 5.91 Å². The van der Waals surface area contributed by atoms with Gasteiger partial charge in [-0.05, 0) is 39.0 Å². The van der Waals surface area contributed by atoms with Gasteiger partial charge in [-0.25, -0.2) is 4.79 Å². The number of urea groups is 1. The Bertz CT molecular complexity index is 465. The largest absolute Gasteiger partial charge is 0.370 e. The Hall–Kier alpha value is -1.06. The van der Waals surface area contributed by atoms with E-state index in [2.05, 4.69) is 15.2 Å². The van der Waals surface area contributed by atoms with Crippen LogP contribution in [0.1, 0.15) is 46.0 Å². The molecule has 0 spiro atoms. The molecule has 2 fully saturated rings. The standard InChI is InChI=1S/C15H27N5O2.HI/c1-3-15(2)12(21)20(14(22)18-15)11-7-8-17-13(16)19-9-5-4-6-10-19;/h3-11H2,1-2H3,(H2,16,17)(H,18,22);1H. The summed E-state index contributed by atoms with van der Waals surface area (Å²) in [7, 11) is 0. The van der Waals surface area contributed by atoms with Crippen LogP contribution in [-0.2, 0) is 4.79 Å². The molecule has 23 heavy (non-hydrogen) atoms. The third kappa shape index (κ3) is 4.71. The van der Waals surface area contributed by atoms with E-state index in [9.17, 15) is 9.59 Å². The molecule has 3 N–H and O–H groups in total. The minimum Gasteiger partial charge on any atom is -0.370 e. The van der Waals surface area contributed by atoms with Crippen molar-refractivity contribution in [1.29, 1.82) is 0 Å². The number of carbonyl (C=O) groups excluding carboxylic acids is 2. The summed E-state index contributed by atoms with van der Waals surface area (Å²) < 4.78 is 0. The van der Waals surface area contributed by atoms with Crippen LogP contribution in [0.5, 0.6) is 0 Å². The molecule has 132 valence electrons. The molecule has 2 saturated heterocycles. The van der Waals surface area contributed by atoms with Gasteiger partial charge in [-0.1, -0.05) is 6.92 Å². The second-order valence-corrected chi connectivity index (χ2v) is 6.21. The number of carbonyl (C=O) groups is 2. The number of piperidine rings is 1. The van der Waals surface area contributed by atoms with Crippen molar-refractivity contribution in [1.82, 2.24) is 15.1 Å². The summed E-state index contributed by atoms with van der Waals surface area (Å²) in [4.78, 5) is 31.8. The molecule has 7 nitrogen and oxygen atoms in total. The summed E-state index contributed by atoms with van der Waals surface area (Å²) in [6.45, 7) is 6.51. The summed E-state index contributed by atoms with van der Waals surface area (Å²) in [5.41, 5.74) is 5.22. The molecule has 3 amide bonds. The molecule has 0 bridgehead atoms. The second-order valence-electron chi connectivity index (χ2n) is 6.21. The first-order valence-corrected chi connectivity index (χ1v) is 8.17. The van der Waals surface area contributed by atoms with E-state index in [0.29, 0.717) is 31.9 Å². The molecule has 0 aromatic heterocycles. The topological polar surface area (TPSA) is 91.0 Å². The van der Waals surface area contributed by atoms with Gasteiger partial charge in [-0.15, -0.1) is 24.0 Å². The Kier molecular flexibility index (Phi) is 7.56. The van der Waals surface area contributed by atoms with Crippen molar-refractivity contribution < 1.29 is 9.59 Å². The first-order chi connectivity index (χ1) is 10.5. The van der Waals surface area contributed by atoms with Gasteiger partial charge in [0.05, 0.1) is 0 Å². The fraction of sp³-hybridized carbons (Fsp3) is 0.800. The van der Waals surface area contributed by atoms with Gasteiger partial charge in [-0.2, -0.15) is 0 Å². The number of nitrogens with zero attached hydrogens (tertiary/aromatic N) is 3. The van der Waals surface area contributed by atoms with Gasteiger partial charge >= 0.3 is 6.03 Å². The molecule has 2 heterocycles. The lowest BCUT2D eigenvalue weighted by Crippen LogP contribution is -2.43. The number of nitrogens with one attached hydrogen (secondary N) is 1. The van der Waals surface area contributed by atoms with Crippen LogP contribution in [-0.4, -0.2) is 59.4 Å². The average Bonchev–Trinajstić information content (AvgIpc) is 2.75. The molecule has 0 aromatic rings. The number of likely N-dealkylation sites (tertiary alicyclic amines) is 1. The molecule has 1 unspecified atom stereocenters. The lowest BCUT2D eigenvalue weighted by Gasteiger charge is -2.27. The molecule has 1 atom stereocenters. The van der Waals surface area contributed by atoms with Crippen molar-refractivity contribution in [3.63, 3.8) is 0 Å². The fourth-order valence-electron chi connectivity index (χ4n) is 2.84. The molecule has 0 radical (unpaired) electrons. The molecular weight excluding hydrogens is 409 g/mol.